The van der Waals surface area contributed by atoms with Gasteiger partial charge in [-0.25, -0.2) is 0 Å². The topological polar surface area (TPSA) is 13.1 Å². The van der Waals surface area contributed by atoms with Crippen molar-refractivity contribution in [2.45, 2.75) is 75.0 Å². The van der Waals surface area contributed by atoms with Crippen molar-refractivity contribution in [2.24, 2.45) is 0 Å². The Morgan fingerprint density at radius 1 is 1.16 bits per heavy atom. The molecule has 0 N–H and O–H groups in total. The third-order valence-electron chi connectivity index (χ3n) is 4.17. The SMILES string of the molecule is BC1(I)CCCCc2c(oc(C(C)C)c2C(C)C)C1. The van der Waals surface area contributed by atoms with Crippen LogP contribution in [0.3, 0.4) is 0 Å². The Bertz CT molecular complexity index is 446. The fourth-order valence-electron chi connectivity index (χ4n) is 3.25. The summed E-state index contributed by atoms with van der Waals surface area (Å²) in [5.41, 5.74) is 3.06. The lowest BCUT2D eigenvalue weighted by atomic mass is 9.76. The van der Waals surface area contributed by atoms with E-state index in [1.807, 2.05) is 0 Å². The molecule has 1 aromatic rings. The summed E-state index contributed by atoms with van der Waals surface area (Å²) in [6, 6.07) is 0. The van der Waals surface area contributed by atoms with Crippen molar-refractivity contribution in [1.82, 2.24) is 0 Å². The zero-order chi connectivity index (χ0) is 14.2. The lowest BCUT2D eigenvalue weighted by Crippen LogP contribution is -2.25. The Labute approximate surface area is 132 Å². The highest BCUT2D eigenvalue weighted by Gasteiger charge is 2.30. The number of furan rings is 1. The van der Waals surface area contributed by atoms with Crippen LogP contribution in [0.5, 0.6) is 0 Å². The molecule has 1 nitrogen and oxygen atoms in total. The summed E-state index contributed by atoms with van der Waals surface area (Å²) in [6.07, 6.45) is 6.27. The summed E-state index contributed by atoms with van der Waals surface area (Å²) in [4.78, 5) is 0. The highest BCUT2D eigenvalue weighted by Crippen LogP contribution is 2.39. The Balaban J connectivity index is 2.50. The Hall–Kier alpha value is 0.0749. The van der Waals surface area contributed by atoms with Crippen molar-refractivity contribution in [1.29, 1.82) is 0 Å². The van der Waals surface area contributed by atoms with Crippen molar-refractivity contribution in [3.8, 4) is 0 Å². The summed E-state index contributed by atoms with van der Waals surface area (Å²) < 4.78 is 6.68. The highest BCUT2D eigenvalue weighted by molar-refractivity contribution is 14.1. The largest absolute Gasteiger partial charge is 0.465 e. The Morgan fingerprint density at radius 2 is 1.84 bits per heavy atom. The van der Waals surface area contributed by atoms with Gasteiger partial charge in [0.05, 0.1) is 0 Å². The third kappa shape index (κ3) is 3.40. The molecule has 0 radical (unpaired) electrons. The van der Waals surface area contributed by atoms with Gasteiger partial charge >= 0.3 is 0 Å². The van der Waals surface area contributed by atoms with E-state index in [0.29, 0.717) is 15.2 Å². The molecule has 106 valence electrons. The molecular weight excluding hydrogens is 346 g/mol. The highest BCUT2D eigenvalue weighted by atomic mass is 127. The van der Waals surface area contributed by atoms with Gasteiger partial charge in [-0.05, 0) is 39.6 Å². The molecule has 1 aliphatic rings. The number of hydrogen-bond donors (Lipinski definition) is 0. The lowest BCUT2D eigenvalue weighted by Gasteiger charge is -2.24. The number of halogens is 1. The molecule has 1 atom stereocenters. The smallest absolute Gasteiger partial charge is 0.122 e. The van der Waals surface area contributed by atoms with Crippen molar-refractivity contribution in [2.75, 3.05) is 0 Å². The van der Waals surface area contributed by atoms with Crippen LogP contribution in [0.4, 0.5) is 0 Å². The minimum atomic E-state index is 0.354. The summed E-state index contributed by atoms with van der Waals surface area (Å²) in [6.45, 7) is 9.11. The molecule has 0 aromatic carbocycles. The number of alkyl halides is 1. The molecule has 0 fully saturated rings. The second-order valence-corrected chi connectivity index (χ2v) is 9.49. The lowest BCUT2D eigenvalue weighted by molar-refractivity contribution is 0.427. The molecule has 1 heterocycles. The number of hydrogen-bond acceptors (Lipinski definition) is 1. The van der Waals surface area contributed by atoms with Crippen LogP contribution in [0.2, 0.25) is 0 Å². The normalized spacial score (nSPS) is 24.4. The van der Waals surface area contributed by atoms with Gasteiger partial charge in [-0.2, -0.15) is 0 Å². The van der Waals surface area contributed by atoms with Gasteiger partial charge in [0.1, 0.15) is 19.4 Å². The zero-order valence-electron chi connectivity index (χ0n) is 13.0. The summed E-state index contributed by atoms with van der Waals surface area (Å²) in [5, 5.41) is 0. The first-order valence-corrected chi connectivity index (χ1v) is 8.73. The van der Waals surface area contributed by atoms with E-state index in [4.69, 9.17) is 4.42 Å². The fraction of sp³-hybridized carbons (Fsp3) is 0.750. The van der Waals surface area contributed by atoms with E-state index in [-0.39, 0.29) is 0 Å². The second kappa shape index (κ2) is 5.83. The molecule has 19 heavy (non-hydrogen) atoms. The van der Waals surface area contributed by atoms with Gasteiger partial charge in [-0.15, -0.1) is 0 Å². The maximum absolute atomic E-state index is 6.33. The van der Waals surface area contributed by atoms with Crippen LogP contribution in [0.15, 0.2) is 4.42 Å². The van der Waals surface area contributed by atoms with Gasteiger partial charge in [0, 0.05) is 12.3 Å². The zero-order valence-corrected chi connectivity index (χ0v) is 15.1. The summed E-state index contributed by atoms with van der Waals surface area (Å²) in [7, 11) is 2.37. The molecule has 3 heteroatoms. The first kappa shape index (κ1) is 15.5. The summed E-state index contributed by atoms with van der Waals surface area (Å²) >= 11 is 2.63. The second-order valence-electron chi connectivity index (χ2n) is 6.89. The minimum absolute atomic E-state index is 0.354. The number of rotatable bonds is 2. The van der Waals surface area contributed by atoms with Crippen LogP contribution in [-0.2, 0) is 12.8 Å². The molecule has 0 saturated heterocycles. The number of fused-ring (bicyclic) bond motifs is 1. The van der Waals surface area contributed by atoms with Crippen LogP contribution >= 0.6 is 22.6 Å². The van der Waals surface area contributed by atoms with Gasteiger partial charge in [-0.3, -0.25) is 0 Å². The van der Waals surface area contributed by atoms with E-state index >= 15 is 0 Å². The standard InChI is InChI=1S/C16H26BIO/c1-10(2)14-12-7-5-6-8-16(17,18)9-13(12)19-15(14)11(3)4/h10-11H,5-9,17H2,1-4H3. The van der Waals surface area contributed by atoms with Crippen molar-refractivity contribution >= 4 is 30.4 Å². The molecule has 2 rings (SSSR count). The van der Waals surface area contributed by atoms with E-state index in [9.17, 15) is 0 Å². The maximum Gasteiger partial charge on any atom is 0.122 e. The van der Waals surface area contributed by atoms with Crippen LogP contribution in [-0.4, -0.2) is 11.2 Å². The Morgan fingerprint density at radius 3 is 2.42 bits per heavy atom. The molecule has 1 aliphatic carbocycles. The average Bonchev–Trinajstić information content (AvgIpc) is 2.60. The molecule has 0 aliphatic heterocycles. The van der Waals surface area contributed by atoms with Gasteiger partial charge in [-0.1, -0.05) is 56.7 Å². The van der Waals surface area contributed by atoms with Crippen LogP contribution < -0.4 is 0 Å². The maximum atomic E-state index is 6.33. The van der Waals surface area contributed by atoms with E-state index in [2.05, 4.69) is 58.1 Å². The van der Waals surface area contributed by atoms with Gasteiger partial charge in [0.15, 0.2) is 0 Å². The third-order valence-corrected chi connectivity index (χ3v) is 5.09. The molecule has 1 aromatic heterocycles. The predicted octanol–water partition coefficient (Wildman–Crippen LogP) is 4.56. The molecule has 0 amide bonds. The van der Waals surface area contributed by atoms with Gasteiger partial charge in [0.2, 0.25) is 0 Å². The van der Waals surface area contributed by atoms with Crippen LogP contribution in [0.25, 0.3) is 0 Å². The van der Waals surface area contributed by atoms with Gasteiger partial charge < -0.3 is 4.42 Å². The van der Waals surface area contributed by atoms with E-state index < -0.39 is 0 Å². The van der Waals surface area contributed by atoms with Crippen LogP contribution in [0, 0.1) is 0 Å². The molecule has 1 unspecified atom stereocenters. The monoisotopic (exact) mass is 372 g/mol. The average molecular weight is 372 g/mol. The van der Waals surface area contributed by atoms with Gasteiger partial charge in [0.25, 0.3) is 0 Å². The first-order chi connectivity index (χ1) is 8.82. The summed E-state index contributed by atoms with van der Waals surface area (Å²) in [5.74, 6) is 3.59. The molecule has 0 spiro atoms. The molecular formula is C16H26BIO. The Kier molecular flexibility index (Phi) is 4.74. The van der Waals surface area contributed by atoms with Crippen LogP contribution in [0.1, 0.15) is 81.4 Å². The van der Waals surface area contributed by atoms with Crippen molar-refractivity contribution < 1.29 is 4.42 Å². The predicted molar refractivity (Wildman–Crippen MR) is 93.4 cm³/mol. The fourth-order valence-corrected chi connectivity index (χ4v) is 3.97. The van der Waals surface area contributed by atoms with E-state index in [1.54, 1.807) is 5.56 Å². The first-order valence-electron chi connectivity index (χ1n) is 7.65. The minimum Gasteiger partial charge on any atom is -0.465 e. The van der Waals surface area contributed by atoms with E-state index in [0.717, 1.165) is 6.42 Å². The molecule has 0 bridgehead atoms. The molecule has 0 saturated carbocycles. The van der Waals surface area contributed by atoms with Crippen molar-refractivity contribution in [3.63, 3.8) is 0 Å². The quantitative estimate of drug-likeness (QED) is 0.422. The van der Waals surface area contributed by atoms with E-state index in [1.165, 1.54) is 42.8 Å². The van der Waals surface area contributed by atoms with Crippen molar-refractivity contribution in [3.05, 3.63) is 22.6 Å².